The quantitative estimate of drug-likeness (QED) is 0.409. The number of hydrogen-bond acceptors (Lipinski definition) is 3. The molecule has 1 atom stereocenters. The molecule has 0 saturated carbocycles. The van der Waals surface area contributed by atoms with Gasteiger partial charge in [-0.15, -0.1) is 0 Å². The first kappa shape index (κ1) is 7.72. The number of rotatable bonds is 2. The molecule has 0 N–H and O–H groups in total. The molecule has 0 aliphatic carbocycles. The predicted molar refractivity (Wildman–Crippen MR) is 28.7 cm³/mol. The van der Waals surface area contributed by atoms with E-state index in [1.807, 2.05) is 0 Å². The van der Waals surface area contributed by atoms with Crippen LogP contribution in [0.25, 0.3) is 0 Å². The molecule has 0 heterocycles. The van der Waals surface area contributed by atoms with Gasteiger partial charge in [-0.25, -0.2) is 4.79 Å². The Morgan fingerprint density at radius 1 is 1.62 bits per heavy atom. The zero-order valence-corrected chi connectivity index (χ0v) is 5.44. The fourth-order valence-corrected chi connectivity index (χ4v) is 0.278. The molecule has 0 amide bonds. The van der Waals surface area contributed by atoms with E-state index in [1.165, 1.54) is 14.2 Å². The molecule has 0 aliphatic heterocycles. The van der Waals surface area contributed by atoms with Crippen molar-refractivity contribution < 1.29 is 14.3 Å². The summed E-state index contributed by atoms with van der Waals surface area (Å²) in [7, 11) is 2.57. The van der Waals surface area contributed by atoms with E-state index in [9.17, 15) is 4.79 Å². The number of carbonyl (C=O) groups excluding carboxylic acids is 1. The van der Waals surface area contributed by atoms with Gasteiger partial charge in [0.15, 0.2) is 0 Å². The van der Waals surface area contributed by atoms with Crippen LogP contribution in [-0.4, -0.2) is 25.8 Å². The molecular formula is C4H7ClO3. The summed E-state index contributed by atoms with van der Waals surface area (Å²) in [5.41, 5.74) is -0.972. The third-order valence-electron chi connectivity index (χ3n) is 0.593. The Morgan fingerprint density at radius 3 is 2.25 bits per heavy atom. The van der Waals surface area contributed by atoms with Crippen LogP contribution in [0.1, 0.15) is 0 Å². The van der Waals surface area contributed by atoms with Gasteiger partial charge >= 0.3 is 5.97 Å². The van der Waals surface area contributed by atoms with E-state index < -0.39 is 11.5 Å². The van der Waals surface area contributed by atoms with Crippen molar-refractivity contribution in [2.24, 2.45) is 0 Å². The molecule has 0 aromatic rings. The molecule has 0 fully saturated rings. The third kappa shape index (κ3) is 2.14. The summed E-state index contributed by atoms with van der Waals surface area (Å²) in [4.78, 5) is 10.3. The minimum absolute atomic E-state index is 0.575. The average Bonchev–Trinajstić information content (AvgIpc) is 1.84. The summed E-state index contributed by atoms with van der Waals surface area (Å²) in [6, 6.07) is 0. The summed E-state index contributed by atoms with van der Waals surface area (Å²) in [6.07, 6.45) is 0. The fourth-order valence-electron chi connectivity index (χ4n) is 0.189. The zero-order chi connectivity index (χ0) is 6.57. The standard InChI is InChI=1S/C4H7ClO3/c1-7-3(5)4(6)8-2/h3H,1-2H3. The van der Waals surface area contributed by atoms with E-state index in [2.05, 4.69) is 9.47 Å². The van der Waals surface area contributed by atoms with Gasteiger partial charge in [0.1, 0.15) is 0 Å². The highest BCUT2D eigenvalue weighted by Gasteiger charge is 2.12. The molecule has 0 spiro atoms. The van der Waals surface area contributed by atoms with Crippen molar-refractivity contribution in [3.63, 3.8) is 0 Å². The molecule has 0 aromatic heterocycles. The highest BCUT2D eigenvalue weighted by atomic mass is 35.5. The van der Waals surface area contributed by atoms with E-state index >= 15 is 0 Å². The molecule has 8 heavy (non-hydrogen) atoms. The number of methoxy groups -OCH3 is 2. The van der Waals surface area contributed by atoms with Gasteiger partial charge in [-0.05, 0) is 0 Å². The van der Waals surface area contributed by atoms with Crippen molar-refractivity contribution in [3.05, 3.63) is 0 Å². The van der Waals surface area contributed by atoms with Crippen molar-refractivity contribution in [3.8, 4) is 0 Å². The van der Waals surface area contributed by atoms with Gasteiger partial charge in [0.05, 0.1) is 7.11 Å². The minimum atomic E-state index is -0.972. The largest absolute Gasteiger partial charge is 0.466 e. The maximum Gasteiger partial charge on any atom is 0.350 e. The van der Waals surface area contributed by atoms with Crippen molar-refractivity contribution >= 4 is 17.6 Å². The van der Waals surface area contributed by atoms with Gasteiger partial charge < -0.3 is 9.47 Å². The monoisotopic (exact) mass is 138 g/mol. The number of alkyl halides is 1. The molecule has 0 rings (SSSR count). The smallest absolute Gasteiger partial charge is 0.350 e. The zero-order valence-electron chi connectivity index (χ0n) is 4.68. The van der Waals surface area contributed by atoms with E-state index in [1.54, 1.807) is 0 Å². The van der Waals surface area contributed by atoms with Crippen molar-refractivity contribution in [1.82, 2.24) is 0 Å². The molecule has 0 aliphatic rings. The molecule has 3 nitrogen and oxygen atoms in total. The van der Waals surface area contributed by atoms with E-state index in [4.69, 9.17) is 11.6 Å². The lowest BCUT2D eigenvalue weighted by Crippen LogP contribution is -2.17. The van der Waals surface area contributed by atoms with E-state index in [-0.39, 0.29) is 0 Å². The summed E-state index contributed by atoms with van der Waals surface area (Å²) < 4.78 is 8.60. The predicted octanol–water partition coefficient (Wildman–Crippen LogP) is 0.371. The molecule has 0 aromatic carbocycles. The van der Waals surface area contributed by atoms with Gasteiger partial charge in [-0.2, -0.15) is 0 Å². The van der Waals surface area contributed by atoms with Crippen LogP contribution < -0.4 is 0 Å². The van der Waals surface area contributed by atoms with E-state index in [0.29, 0.717) is 0 Å². The topological polar surface area (TPSA) is 35.5 Å². The van der Waals surface area contributed by atoms with Crippen LogP contribution in [0.3, 0.4) is 0 Å². The Labute approximate surface area is 52.5 Å². The summed E-state index contributed by atoms with van der Waals surface area (Å²) in [5.74, 6) is -0.575. The molecule has 4 heteroatoms. The van der Waals surface area contributed by atoms with E-state index in [0.717, 1.165) is 0 Å². The number of carbonyl (C=O) groups is 1. The molecule has 48 valence electrons. The van der Waals surface area contributed by atoms with Crippen LogP contribution in [-0.2, 0) is 14.3 Å². The van der Waals surface area contributed by atoms with Crippen LogP contribution in [0.2, 0.25) is 0 Å². The SMILES string of the molecule is COC(=O)C(Cl)OC. The normalized spacial score (nSPS) is 12.9. The maximum absolute atomic E-state index is 10.3. The first-order chi connectivity index (χ1) is 3.72. The summed E-state index contributed by atoms with van der Waals surface area (Å²) in [5, 5.41) is 0. The van der Waals surface area contributed by atoms with Crippen LogP contribution in [0.15, 0.2) is 0 Å². The second-order valence-corrected chi connectivity index (χ2v) is 1.47. The lowest BCUT2D eigenvalue weighted by molar-refractivity contribution is -0.147. The first-order valence-electron chi connectivity index (χ1n) is 1.97. The minimum Gasteiger partial charge on any atom is -0.466 e. The lowest BCUT2D eigenvalue weighted by atomic mass is 10.7. The molecule has 1 unspecified atom stereocenters. The maximum atomic E-state index is 10.3. The molecule has 0 saturated heterocycles. The average molecular weight is 139 g/mol. The van der Waals surface area contributed by atoms with Crippen LogP contribution in [0.4, 0.5) is 0 Å². The third-order valence-corrected chi connectivity index (χ3v) is 0.950. The van der Waals surface area contributed by atoms with Crippen LogP contribution >= 0.6 is 11.6 Å². The number of ether oxygens (including phenoxy) is 2. The Bertz CT molecular complexity index is 83.4. The first-order valence-corrected chi connectivity index (χ1v) is 2.40. The Hall–Kier alpha value is -0.280. The molecular weight excluding hydrogens is 131 g/mol. The van der Waals surface area contributed by atoms with Gasteiger partial charge in [0, 0.05) is 7.11 Å². The second kappa shape index (κ2) is 3.69. The van der Waals surface area contributed by atoms with Gasteiger partial charge in [-0.1, -0.05) is 11.6 Å². The fraction of sp³-hybridized carbons (Fsp3) is 0.750. The highest BCUT2D eigenvalue weighted by Crippen LogP contribution is 1.96. The Morgan fingerprint density at radius 2 is 2.12 bits per heavy atom. The van der Waals surface area contributed by atoms with Gasteiger partial charge in [-0.3, -0.25) is 0 Å². The number of esters is 1. The van der Waals surface area contributed by atoms with Gasteiger partial charge in [0.25, 0.3) is 0 Å². The van der Waals surface area contributed by atoms with Crippen LogP contribution in [0.5, 0.6) is 0 Å². The lowest BCUT2D eigenvalue weighted by Gasteiger charge is -2.01. The molecule has 0 bridgehead atoms. The molecule has 0 radical (unpaired) electrons. The van der Waals surface area contributed by atoms with Crippen LogP contribution in [0, 0.1) is 0 Å². The number of halogens is 1. The highest BCUT2D eigenvalue weighted by molar-refractivity contribution is 6.28. The van der Waals surface area contributed by atoms with Gasteiger partial charge in [0.2, 0.25) is 5.56 Å². The Kier molecular flexibility index (Phi) is 3.56. The van der Waals surface area contributed by atoms with Crippen molar-refractivity contribution in [2.75, 3.05) is 14.2 Å². The second-order valence-electron chi connectivity index (χ2n) is 1.07. The van der Waals surface area contributed by atoms with Crippen molar-refractivity contribution in [1.29, 1.82) is 0 Å². The Balaban J connectivity index is 3.46. The summed E-state index contributed by atoms with van der Waals surface area (Å²) >= 11 is 5.22. The summed E-state index contributed by atoms with van der Waals surface area (Å²) in [6.45, 7) is 0. The number of hydrogen-bond donors (Lipinski definition) is 0. The van der Waals surface area contributed by atoms with Crippen molar-refractivity contribution in [2.45, 2.75) is 5.56 Å².